The molecule has 164 valence electrons. The van der Waals surface area contributed by atoms with E-state index < -0.39 is 22.1 Å². The van der Waals surface area contributed by atoms with Gasteiger partial charge in [-0.25, -0.2) is 8.42 Å². The van der Waals surface area contributed by atoms with Crippen molar-refractivity contribution in [3.63, 3.8) is 0 Å². The van der Waals surface area contributed by atoms with Crippen molar-refractivity contribution in [2.24, 2.45) is 0 Å². The van der Waals surface area contributed by atoms with Gasteiger partial charge < -0.3 is 9.64 Å². The topological polar surface area (TPSA) is 58.6 Å². The summed E-state index contributed by atoms with van der Waals surface area (Å²) in [4.78, 5) is 2.31. The quantitative estimate of drug-likeness (QED) is 0.657. The normalized spacial score (nSPS) is 18.2. The Morgan fingerprint density at radius 3 is 2.37 bits per heavy atom. The Kier molecular flexibility index (Phi) is 6.92. The van der Waals surface area contributed by atoms with Gasteiger partial charge in [-0.2, -0.15) is 0 Å². The van der Waals surface area contributed by atoms with Crippen LogP contribution in [0.4, 0.5) is 18.9 Å². The van der Waals surface area contributed by atoms with E-state index in [1.165, 1.54) is 5.56 Å². The number of sulfonamides is 1. The third-order valence-electron chi connectivity index (χ3n) is 5.05. The zero-order valence-electron chi connectivity index (χ0n) is 16.7. The smallest absolute Gasteiger partial charge is 0.406 e. The number of alkyl halides is 3. The summed E-state index contributed by atoms with van der Waals surface area (Å²) < 4.78 is 68.0. The Labute approximate surface area is 174 Å². The highest BCUT2D eigenvalue weighted by Crippen LogP contribution is 2.29. The van der Waals surface area contributed by atoms with Gasteiger partial charge in [-0.05, 0) is 80.2 Å². The molecule has 0 saturated carbocycles. The van der Waals surface area contributed by atoms with Crippen LogP contribution in [-0.2, 0) is 10.0 Å². The summed E-state index contributed by atoms with van der Waals surface area (Å²) in [6.07, 6.45) is -1.45. The minimum Gasteiger partial charge on any atom is -0.406 e. The zero-order chi connectivity index (χ0) is 21.8. The van der Waals surface area contributed by atoms with Crippen molar-refractivity contribution < 1.29 is 26.3 Å². The van der Waals surface area contributed by atoms with E-state index in [0.717, 1.165) is 63.2 Å². The molecule has 1 fully saturated rings. The molecule has 0 radical (unpaired) electrons. The van der Waals surface area contributed by atoms with Gasteiger partial charge in [-0.15, -0.1) is 13.2 Å². The van der Waals surface area contributed by atoms with Gasteiger partial charge in [0.1, 0.15) is 5.75 Å². The molecule has 0 amide bonds. The van der Waals surface area contributed by atoms with Gasteiger partial charge in [0, 0.05) is 12.2 Å². The van der Waals surface area contributed by atoms with Crippen LogP contribution in [0, 0.1) is 0 Å². The summed E-state index contributed by atoms with van der Waals surface area (Å²) in [7, 11) is -3.92. The Hall–Kier alpha value is -2.26. The Balaban J connectivity index is 1.65. The monoisotopic (exact) mass is 442 g/mol. The predicted octanol–water partition coefficient (Wildman–Crippen LogP) is 4.98. The van der Waals surface area contributed by atoms with Gasteiger partial charge >= 0.3 is 6.36 Å². The van der Waals surface area contributed by atoms with Crippen molar-refractivity contribution in [3.05, 3.63) is 54.1 Å². The van der Waals surface area contributed by atoms with Crippen LogP contribution in [0.15, 0.2) is 53.4 Å². The molecular weight excluding hydrogens is 417 g/mol. The van der Waals surface area contributed by atoms with Gasteiger partial charge in [0.15, 0.2) is 0 Å². The largest absolute Gasteiger partial charge is 0.573 e. The molecule has 1 heterocycles. The second-order valence-electron chi connectivity index (χ2n) is 7.39. The molecule has 0 unspecified atom stereocenters. The minimum atomic E-state index is -4.83. The summed E-state index contributed by atoms with van der Waals surface area (Å²) in [5, 5.41) is 0. The summed E-state index contributed by atoms with van der Waals surface area (Å²) in [5.41, 5.74) is 1.57. The molecule has 5 nitrogen and oxygen atoms in total. The SMILES string of the molecule is CCCN1CCC[C@@H](c2ccc(NS(=O)(=O)c3ccc(OC(F)(F)F)cc3)cc2)C1. The van der Waals surface area contributed by atoms with E-state index in [-0.39, 0.29) is 4.90 Å². The number of nitrogens with one attached hydrogen (secondary N) is 1. The van der Waals surface area contributed by atoms with Gasteiger partial charge in [-0.1, -0.05) is 19.1 Å². The summed E-state index contributed by atoms with van der Waals surface area (Å²) in [5.74, 6) is -0.0486. The molecule has 1 N–H and O–H groups in total. The molecule has 30 heavy (non-hydrogen) atoms. The van der Waals surface area contributed by atoms with Crippen LogP contribution < -0.4 is 9.46 Å². The number of nitrogens with zero attached hydrogens (tertiary/aromatic N) is 1. The average molecular weight is 443 g/mol. The predicted molar refractivity (Wildman–Crippen MR) is 109 cm³/mol. The van der Waals surface area contributed by atoms with Gasteiger partial charge in [-0.3, -0.25) is 4.72 Å². The molecule has 0 spiro atoms. The van der Waals surface area contributed by atoms with Crippen molar-refractivity contribution in [1.82, 2.24) is 4.90 Å². The lowest BCUT2D eigenvalue weighted by atomic mass is 9.90. The maximum Gasteiger partial charge on any atom is 0.573 e. The Morgan fingerprint density at radius 2 is 1.77 bits per heavy atom. The molecule has 1 aliphatic heterocycles. The van der Waals surface area contributed by atoms with Crippen LogP contribution in [0.3, 0.4) is 0 Å². The lowest BCUT2D eigenvalue weighted by molar-refractivity contribution is -0.274. The van der Waals surface area contributed by atoms with E-state index in [1.807, 2.05) is 12.1 Å². The van der Waals surface area contributed by atoms with Crippen LogP contribution in [0.1, 0.15) is 37.7 Å². The Morgan fingerprint density at radius 1 is 1.10 bits per heavy atom. The molecule has 3 rings (SSSR count). The molecule has 2 aromatic carbocycles. The number of hydrogen-bond acceptors (Lipinski definition) is 4. The number of halogens is 3. The molecule has 2 aromatic rings. The molecular formula is C21H25F3N2O3S. The van der Waals surface area contributed by atoms with Crippen LogP contribution >= 0.6 is 0 Å². The fourth-order valence-electron chi connectivity index (χ4n) is 3.70. The number of anilines is 1. The van der Waals surface area contributed by atoms with Gasteiger partial charge in [0.25, 0.3) is 10.0 Å². The number of hydrogen-bond donors (Lipinski definition) is 1. The molecule has 1 atom stereocenters. The molecule has 9 heteroatoms. The molecule has 0 bridgehead atoms. The van der Waals surface area contributed by atoms with E-state index in [4.69, 9.17) is 0 Å². The van der Waals surface area contributed by atoms with Gasteiger partial charge in [0.2, 0.25) is 0 Å². The highest BCUT2D eigenvalue weighted by atomic mass is 32.2. The average Bonchev–Trinajstić information content (AvgIpc) is 2.68. The highest BCUT2D eigenvalue weighted by Gasteiger charge is 2.31. The van der Waals surface area contributed by atoms with E-state index in [0.29, 0.717) is 11.6 Å². The van der Waals surface area contributed by atoms with Crippen LogP contribution in [0.5, 0.6) is 5.75 Å². The second-order valence-corrected chi connectivity index (χ2v) is 9.07. The highest BCUT2D eigenvalue weighted by molar-refractivity contribution is 7.92. The maximum absolute atomic E-state index is 12.5. The fourth-order valence-corrected chi connectivity index (χ4v) is 4.76. The summed E-state index contributed by atoms with van der Waals surface area (Å²) in [6, 6.07) is 11.4. The first kappa shape index (κ1) is 22.4. The maximum atomic E-state index is 12.5. The second kappa shape index (κ2) is 9.26. The van der Waals surface area contributed by atoms with Crippen molar-refractivity contribution in [2.75, 3.05) is 24.4 Å². The summed E-state index contributed by atoms with van der Waals surface area (Å²) >= 11 is 0. The standard InChI is InChI=1S/C21H25F3N2O3S/c1-2-13-26-14-3-4-17(15-26)16-5-7-18(8-6-16)25-30(27,28)20-11-9-19(10-12-20)29-21(22,23)24/h5-12,17,25H,2-4,13-15H2,1H3/t17-/m1/s1. The molecule has 0 aliphatic carbocycles. The van der Waals surface area contributed by atoms with Crippen molar-refractivity contribution in [1.29, 1.82) is 0 Å². The number of benzene rings is 2. The van der Waals surface area contributed by atoms with E-state index in [1.54, 1.807) is 12.1 Å². The Bertz CT molecular complexity index is 927. The van der Waals surface area contributed by atoms with Crippen molar-refractivity contribution in [3.8, 4) is 5.75 Å². The first-order valence-electron chi connectivity index (χ1n) is 9.87. The van der Waals surface area contributed by atoms with Crippen LogP contribution in [0.2, 0.25) is 0 Å². The molecule has 1 saturated heterocycles. The lowest BCUT2D eigenvalue weighted by Crippen LogP contribution is -2.34. The van der Waals surface area contributed by atoms with E-state index >= 15 is 0 Å². The van der Waals surface area contributed by atoms with Crippen molar-refractivity contribution >= 4 is 15.7 Å². The lowest BCUT2D eigenvalue weighted by Gasteiger charge is -2.32. The number of likely N-dealkylation sites (tertiary alicyclic amines) is 1. The van der Waals surface area contributed by atoms with Crippen LogP contribution in [0.25, 0.3) is 0 Å². The number of rotatable bonds is 7. The first-order chi connectivity index (χ1) is 14.2. The molecule has 1 aliphatic rings. The van der Waals surface area contributed by atoms with E-state index in [2.05, 4.69) is 21.3 Å². The number of ether oxygens (including phenoxy) is 1. The fraction of sp³-hybridized carbons (Fsp3) is 0.429. The third kappa shape index (κ3) is 6.12. The third-order valence-corrected chi connectivity index (χ3v) is 6.44. The van der Waals surface area contributed by atoms with Crippen molar-refractivity contribution in [2.45, 2.75) is 43.4 Å². The minimum absolute atomic E-state index is 0.149. The number of piperidine rings is 1. The van der Waals surface area contributed by atoms with E-state index in [9.17, 15) is 21.6 Å². The molecule has 0 aromatic heterocycles. The van der Waals surface area contributed by atoms with Crippen LogP contribution in [-0.4, -0.2) is 39.3 Å². The first-order valence-corrected chi connectivity index (χ1v) is 11.4. The summed E-state index contributed by atoms with van der Waals surface area (Å²) in [6.45, 7) is 5.38. The van der Waals surface area contributed by atoms with Gasteiger partial charge in [0.05, 0.1) is 4.90 Å². The zero-order valence-corrected chi connectivity index (χ0v) is 17.5.